The highest BCUT2D eigenvalue weighted by Gasteiger charge is 2.18. The van der Waals surface area contributed by atoms with E-state index in [2.05, 4.69) is 15.3 Å². The molecule has 0 saturated heterocycles. The van der Waals surface area contributed by atoms with Crippen LogP contribution in [0.2, 0.25) is 0 Å². The molecule has 1 amide bonds. The highest BCUT2D eigenvalue weighted by Crippen LogP contribution is 2.22. The van der Waals surface area contributed by atoms with Crippen LogP contribution >= 0.6 is 0 Å². The minimum atomic E-state index is -0.520. The number of pyridine rings is 1. The van der Waals surface area contributed by atoms with Crippen LogP contribution in [-0.4, -0.2) is 25.4 Å². The van der Waals surface area contributed by atoms with Gasteiger partial charge in [0.2, 0.25) is 0 Å². The van der Waals surface area contributed by atoms with Gasteiger partial charge in [0.05, 0.1) is 16.0 Å². The molecule has 2 aromatic carbocycles. The van der Waals surface area contributed by atoms with Crippen LogP contribution in [0, 0.1) is 24.0 Å². The van der Waals surface area contributed by atoms with Gasteiger partial charge in [-0.05, 0) is 56.3 Å². The third-order valence-corrected chi connectivity index (χ3v) is 4.94. The van der Waals surface area contributed by atoms with Crippen molar-refractivity contribution in [1.29, 1.82) is 0 Å². The summed E-state index contributed by atoms with van der Waals surface area (Å²) in [5.74, 6) is 0.0287. The van der Waals surface area contributed by atoms with Crippen molar-refractivity contribution in [3.63, 3.8) is 0 Å². The number of hydrogen-bond donors (Lipinski definition) is 1. The molecule has 0 spiro atoms. The Morgan fingerprint density at radius 1 is 1.06 bits per heavy atom. The fourth-order valence-corrected chi connectivity index (χ4v) is 3.39. The molecule has 0 atom stereocenters. The van der Waals surface area contributed by atoms with Gasteiger partial charge >= 0.3 is 0 Å². The highest BCUT2D eigenvalue weighted by molar-refractivity contribution is 6.05. The van der Waals surface area contributed by atoms with Gasteiger partial charge < -0.3 is 5.32 Å². The van der Waals surface area contributed by atoms with E-state index < -0.39 is 10.8 Å². The fourth-order valence-electron chi connectivity index (χ4n) is 3.39. The molecule has 9 heteroatoms. The molecule has 2 heterocycles. The monoisotopic (exact) mass is 415 g/mol. The van der Waals surface area contributed by atoms with Crippen LogP contribution in [0.4, 0.5) is 11.4 Å². The second-order valence-electron chi connectivity index (χ2n) is 6.88. The van der Waals surface area contributed by atoms with E-state index >= 15 is 0 Å². The SMILES string of the molecule is Cc1c(C(=O)Nc2ccc(-n3c(C)nc4ncccc4c3=O)cc2)cccc1[N+](=O)[O-]. The summed E-state index contributed by atoms with van der Waals surface area (Å²) in [7, 11) is 0. The number of nitro groups is 1. The van der Waals surface area contributed by atoms with E-state index in [-0.39, 0.29) is 16.8 Å². The molecule has 4 rings (SSSR count). The van der Waals surface area contributed by atoms with Crippen LogP contribution in [0.3, 0.4) is 0 Å². The van der Waals surface area contributed by atoms with Crippen LogP contribution in [0.25, 0.3) is 16.7 Å². The molecular weight excluding hydrogens is 398 g/mol. The molecule has 0 saturated carbocycles. The van der Waals surface area contributed by atoms with Gasteiger partial charge in [0.25, 0.3) is 17.2 Å². The Bertz CT molecular complexity index is 1390. The molecule has 9 nitrogen and oxygen atoms in total. The number of fused-ring (bicyclic) bond motifs is 1. The van der Waals surface area contributed by atoms with Crippen molar-refractivity contribution in [2.45, 2.75) is 13.8 Å². The van der Waals surface area contributed by atoms with Crippen molar-refractivity contribution < 1.29 is 9.72 Å². The number of benzene rings is 2. The third-order valence-electron chi connectivity index (χ3n) is 4.94. The van der Waals surface area contributed by atoms with E-state index in [1.807, 2.05) is 0 Å². The minimum Gasteiger partial charge on any atom is -0.322 e. The number of nitro benzene ring substituents is 1. The predicted molar refractivity (Wildman–Crippen MR) is 116 cm³/mol. The maximum absolute atomic E-state index is 12.9. The molecule has 0 fully saturated rings. The van der Waals surface area contributed by atoms with Crippen LogP contribution in [-0.2, 0) is 0 Å². The lowest BCUT2D eigenvalue weighted by molar-refractivity contribution is -0.385. The van der Waals surface area contributed by atoms with Crippen molar-refractivity contribution in [2.75, 3.05) is 5.32 Å². The molecule has 1 N–H and O–H groups in total. The Morgan fingerprint density at radius 3 is 2.52 bits per heavy atom. The molecule has 4 aromatic rings. The molecule has 2 aromatic heterocycles. The van der Waals surface area contributed by atoms with E-state index in [9.17, 15) is 19.7 Å². The van der Waals surface area contributed by atoms with E-state index in [0.29, 0.717) is 33.8 Å². The summed E-state index contributed by atoms with van der Waals surface area (Å²) >= 11 is 0. The van der Waals surface area contributed by atoms with Gasteiger partial charge in [-0.15, -0.1) is 0 Å². The number of anilines is 1. The lowest BCUT2D eigenvalue weighted by atomic mass is 10.1. The average molecular weight is 415 g/mol. The first-order chi connectivity index (χ1) is 14.9. The maximum Gasteiger partial charge on any atom is 0.273 e. The lowest BCUT2D eigenvalue weighted by Crippen LogP contribution is -2.22. The molecule has 0 bridgehead atoms. The molecule has 0 radical (unpaired) electrons. The molecule has 0 aliphatic heterocycles. The first-order valence-electron chi connectivity index (χ1n) is 9.37. The lowest BCUT2D eigenvalue weighted by Gasteiger charge is -2.12. The molecule has 0 unspecified atom stereocenters. The number of hydrogen-bond acceptors (Lipinski definition) is 6. The van der Waals surface area contributed by atoms with Gasteiger partial charge in [0.15, 0.2) is 5.65 Å². The zero-order valence-electron chi connectivity index (χ0n) is 16.7. The molecule has 0 aliphatic carbocycles. The number of rotatable bonds is 4. The summed E-state index contributed by atoms with van der Waals surface area (Å²) in [4.78, 5) is 44.6. The minimum absolute atomic E-state index is 0.115. The Balaban J connectivity index is 1.64. The van der Waals surface area contributed by atoms with Gasteiger partial charge in [-0.25, -0.2) is 9.97 Å². The summed E-state index contributed by atoms with van der Waals surface area (Å²) in [6.07, 6.45) is 1.58. The predicted octanol–water partition coefficient (Wildman–Crippen LogP) is 3.56. The first kappa shape index (κ1) is 19.9. The Morgan fingerprint density at radius 2 is 1.81 bits per heavy atom. The number of amides is 1. The first-order valence-corrected chi connectivity index (χ1v) is 9.37. The van der Waals surface area contributed by atoms with Crippen molar-refractivity contribution in [1.82, 2.24) is 14.5 Å². The second-order valence-corrected chi connectivity index (χ2v) is 6.88. The fraction of sp³-hybridized carbons (Fsp3) is 0.0909. The van der Waals surface area contributed by atoms with E-state index in [0.717, 1.165) is 0 Å². The van der Waals surface area contributed by atoms with Crippen LogP contribution in [0.1, 0.15) is 21.7 Å². The zero-order valence-corrected chi connectivity index (χ0v) is 16.7. The van der Waals surface area contributed by atoms with Crippen LogP contribution in [0.15, 0.2) is 65.6 Å². The Hall–Kier alpha value is -4.40. The van der Waals surface area contributed by atoms with Gasteiger partial charge in [-0.1, -0.05) is 6.07 Å². The Kier molecular flexibility index (Phi) is 5.00. The summed E-state index contributed by atoms with van der Waals surface area (Å²) < 4.78 is 1.47. The van der Waals surface area contributed by atoms with E-state index in [1.54, 1.807) is 49.5 Å². The van der Waals surface area contributed by atoms with Crippen LogP contribution < -0.4 is 10.9 Å². The number of aryl methyl sites for hydroxylation is 1. The topological polar surface area (TPSA) is 120 Å². The van der Waals surface area contributed by atoms with Crippen molar-refractivity contribution in [3.05, 3.63) is 98.2 Å². The summed E-state index contributed by atoms with van der Waals surface area (Å²) in [6, 6.07) is 14.4. The molecule has 0 aliphatic rings. The Labute approximate surface area is 176 Å². The summed E-state index contributed by atoms with van der Waals surface area (Å²) in [6.45, 7) is 3.25. The average Bonchev–Trinajstić information content (AvgIpc) is 2.75. The van der Waals surface area contributed by atoms with E-state index in [1.165, 1.54) is 29.7 Å². The van der Waals surface area contributed by atoms with Gasteiger partial charge in [0.1, 0.15) is 5.82 Å². The standard InChI is InChI=1S/C22H17N5O4/c1-13-17(5-3-7-19(13)27(30)31)21(28)25-15-8-10-16(11-9-15)26-14(2)24-20-18(22(26)29)6-4-12-23-20/h3-12H,1-2H3,(H,25,28). The number of nitrogens with one attached hydrogen (secondary N) is 1. The normalized spacial score (nSPS) is 10.8. The van der Waals surface area contributed by atoms with Crippen molar-refractivity contribution >= 4 is 28.3 Å². The zero-order chi connectivity index (χ0) is 22.1. The number of carbonyl (C=O) groups excluding carboxylic acids is 1. The van der Waals surface area contributed by atoms with Gasteiger partial charge in [-0.3, -0.25) is 24.3 Å². The number of carbonyl (C=O) groups is 1. The van der Waals surface area contributed by atoms with Crippen LogP contribution in [0.5, 0.6) is 0 Å². The van der Waals surface area contributed by atoms with E-state index in [4.69, 9.17) is 0 Å². The third kappa shape index (κ3) is 3.64. The van der Waals surface area contributed by atoms with Crippen molar-refractivity contribution in [3.8, 4) is 5.69 Å². The number of aromatic nitrogens is 3. The molecule has 31 heavy (non-hydrogen) atoms. The summed E-state index contributed by atoms with van der Waals surface area (Å²) in [5.41, 5.74) is 1.62. The van der Waals surface area contributed by atoms with Gasteiger partial charge in [0, 0.05) is 29.1 Å². The van der Waals surface area contributed by atoms with Gasteiger partial charge in [-0.2, -0.15) is 0 Å². The molecule has 154 valence electrons. The highest BCUT2D eigenvalue weighted by atomic mass is 16.6. The largest absolute Gasteiger partial charge is 0.322 e. The summed E-state index contributed by atoms with van der Waals surface area (Å²) in [5, 5.41) is 14.2. The quantitative estimate of drug-likeness (QED) is 0.402. The van der Waals surface area contributed by atoms with Crippen molar-refractivity contribution in [2.24, 2.45) is 0 Å². The maximum atomic E-state index is 12.9. The second kappa shape index (κ2) is 7.79. The number of nitrogens with zero attached hydrogens (tertiary/aromatic N) is 4. The smallest absolute Gasteiger partial charge is 0.273 e. The molecular formula is C22H17N5O4.